The van der Waals surface area contributed by atoms with Gasteiger partial charge in [-0.05, 0) is 85.6 Å². The number of aromatic nitrogens is 1. The van der Waals surface area contributed by atoms with Gasteiger partial charge in [0.2, 0.25) is 5.89 Å². The molecule has 4 aromatic carbocycles. The van der Waals surface area contributed by atoms with Crippen molar-refractivity contribution in [3.8, 4) is 34.1 Å². The molecule has 0 amide bonds. The Kier molecular flexibility index (Phi) is 8.81. The van der Waals surface area contributed by atoms with E-state index in [4.69, 9.17) is 30.5 Å². The predicted molar refractivity (Wildman–Crippen MR) is 176 cm³/mol. The minimum Gasteiger partial charge on any atom is -0.493 e. The van der Waals surface area contributed by atoms with Crippen LogP contribution < -0.4 is 14.8 Å². The number of nitrogens with zero attached hydrogens (tertiary/aromatic N) is 2. The number of hydrogen-bond acceptors (Lipinski definition) is 7. The van der Waals surface area contributed by atoms with Gasteiger partial charge in [0.25, 0.3) is 0 Å². The molecule has 0 spiro atoms. The van der Waals surface area contributed by atoms with E-state index in [1.54, 1.807) is 0 Å². The van der Waals surface area contributed by atoms with Crippen LogP contribution in [0.15, 0.2) is 71.1 Å². The van der Waals surface area contributed by atoms with Gasteiger partial charge >= 0.3 is 5.97 Å². The molecular weight excluding hydrogens is 590 g/mol. The number of carboxylic acids is 1. The molecule has 9 heteroatoms. The van der Waals surface area contributed by atoms with Gasteiger partial charge in [-0.1, -0.05) is 48.0 Å². The highest BCUT2D eigenvalue weighted by molar-refractivity contribution is 6.34. The van der Waals surface area contributed by atoms with Crippen LogP contribution in [0.1, 0.15) is 40.3 Å². The Hall–Kier alpha value is -4.37. The van der Waals surface area contributed by atoms with Crippen molar-refractivity contribution in [3.63, 3.8) is 0 Å². The first-order valence-electron chi connectivity index (χ1n) is 15.0. The summed E-state index contributed by atoms with van der Waals surface area (Å²) in [6.45, 7) is 5.78. The van der Waals surface area contributed by atoms with Crippen molar-refractivity contribution in [2.45, 2.75) is 39.5 Å². The summed E-state index contributed by atoms with van der Waals surface area (Å²) < 4.78 is 18.4. The summed E-state index contributed by atoms with van der Waals surface area (Å²) in [7, 11) is 3.73. The number of rotatable bonds is 10. The lowest BCUT2D eigenvalue weighted by Crippen LogP contribution is -2.33. The number of benzene rings is 4. The van der Waals surface area contributed by atoms with Crippen LogP contribution in [-0.2, 0) is 17.9 Å². The van der Waals surface area contributed by atoms with Gasteiger partial charge in [0.05, 0.1) is 18.2 Å². The summed E-state index contributed by atoms with van der Waals surface area (Å²) in [6, 6.07) is 22.1. The van der Waals surface area contributed by atoms with E-state index in [0.29, 0.717) is 42.0 Å². The Labute approximate surface area is 267 Å². The van der Waals surface area contributed by atoms with E-state index in [1.165, 1.54) is 0 Å². The Morgan fingerprint density at radius 1 is 1.07 bits per heavy atom. The maximum Gasteiger partial charge on any atom is 0.317 e. The molecule has 5 aromatic rings. The van der Waals surface area contributed by atoms with E-state index in [0.717, 1.165) is 62.2 Å². The van der Waals surface area contributed by atoms with Crippen molar-refractivity contribution >= 4 is 28.7 Å². The molecule has 45 heavy (non-hydrogen) atoms. The van der Waals surface area contributed by atoms with Crippen molar-refractivity contribution in [1.82, 2.24) is 15.2 Å². The molecule has 8 nitrogen and oxygen atoms in total. The second-order valence-electron chi connectivity index (χ2n) is 11.5. The van der Waals surface area contributed by atoms with Crippen molar-refractivity contribution < 1.29 is 23.8 Å². The molecule has 6 rings (SSSR count). The number of ether oxygens (including phenoxy) is 2. The number of fused-ring (bicyclic) bond motifs is 2. The fourth-order valence-electron chi connectivity index (χ4n) is 6.14. The van der Waals surface area contributed by atoms with Gasteiger partial charge in [0.1, 0.15) is 23.6 Å². The highest BCUT2D eigenvalue weighted by Gasteiger charge is 2.26. The first-order valence-corrected chi connectivity index (χ1v) is 15.3. The van der Waals surface area contributed by atoms with Crippen molar-refractivity contribution in [3.05, 3.63) is 99.6 Å². The van der Waals surface area contributed by atoms with E-state index in [-0.39, 0.29) is 12.6 Å². The molecule has 1 atom stereocenters. The number of aliphatic carboxylic acids is 1. The van der Waals surface area contributed by atoms with E-state index >= 15 is 0 Å². The summed E-state index contributed by atoms with van der Waals surface area (Å²) in [4.78, 5) is 17.9. The zero-order chi connectivity index (χ0) is 31.7. The third kappa shape index (κ3) is 6.27. The zero-order valence-electron chi connectivity index (χ0n) is 25.8. The Bertz CT molecular complexity index is 1880. The molecule has 0 saturated carbocycles. The molecule has 1 aliphatic heterocycles. The van der Waals surface area contributed by atoms with Crippen LogP contribution in [0.5, 0.6) is 11.5 Å². The lowest BCUT2D eigenvalue weighted by molar-refractivity contribution is -0.138. The van der Waals surface area contributed by atoms with Crippen LogP contribution in [0.3, 0.4) is 0 Å². The smallest absolute Gasteiger partial charge is 0.317 e. The second kappa shape index (κ2) is 12.9. The molecule has 2 heterocycles. The first kappa shape index (κ1) is 30.6. The van der Waals surface area contributed by atoms with Crippen molar-refractivity contribution in [1.29, 1.82) is 0 Å². The van der Waals surface area contributed by atoms with Crippen LogP contribution in [0.2, 0.25) is 5.02 Å². The number of halogens is 1. The van der Waals surface area contributed by atoms with Gasteiger partial charge in [-0.3, -0.25) is 9.69 Å². The lowest BCUT2D eigenvalue weighted by atomic mass is 9.91. The number of carboxylic acid groups (broad SMARTS) is 1. The molecule has 1 aliphatic rings. The quantitative estimate of drug-likeness (QED) is 0.164. The third-order valence-electron chi connectivity index (χ3n) is 8.49. The summed E-state index contributed by atoms with van der Waals surface area (Å²) in [5.41, 5.74) is 9.72. The highest BCUT2D eigenvalue weighted by atomic mass is 35.5. The average molecular weight is 626 g/mol. The monoisotopic (exact) mass is 625 g/mol. The molecule has 1 aromatic heterocycles. The van der Waals surface area contributed by atoms with Crippen LogP contribution in [0.4, 0.5) is 0 Å². The molecule has 232 valence electrons. The molecule has 0 radical (unpaired) electrons. The zero-order valence-corrected chi connectivity index (χ0v) is 26.6. The highest BCUT2D eigenvalue weighted by Crippen LogP contribution is 2.39. The van der Waals surface area contributed by atoms with Gasteiger partial charge in [0.15, 0.2) is 5.58 Å². The maximum atomic E-state index is 11.2. The summed E-state index contributed by atoms with van der Waals surface area (Å²) in [6.07, 6.45) is 0.737. The average Bonchev–Trinajstić information content (AvgIpc) is 3.45. The van der Waals surface area contributed by atoms with Gasteiger partial charge in [-0.2, -0.15) is 0 Å². The fourth-order valence-corrected chi connectivity index (χ4v) is 6.42. The summed E-state index contributed by atoms with van der Waals surface area (Å²) >= 11 is 6.55. The SMILES string of the molecule is CNCc1cc(Cl)c2oc(-c3cccc(-c4cccc(COc5ccc6c(c5)OCCC6N(C)CC(=O)O)c4C)c3C)nc2c1. The van der Waals surface area contributed by atoms with Crippen molar-refractivity contribution in [2.75, 3.05) is 27.2 Å². The van der Waals surface area contributed by atoms with Gasteiger partial charge < -0.3 is 24.3 Å². The summed E-state index contributed by atoms with van der Waals surface area (Å²) in [5.74, 6) is 1.12. The van der Waals surface area contributed by atoms with Gasteiger partial charge in [-0.25, -0.2) is 4.98 Å². The Morgan fingerprint density at radius 3 is 2.60 bits per heavy atom. The largest absolute Gasteiger partial charge is 0.493 e. The van der Waals surface area contributed by atoms with E-state index in [9.17, 15) is 9.90 Å². The van der Waals surface area contributed by atoms with Gasteiger partial charge in [0, 0.05) is 36.2 Å². The molecular formula is C36H36ClN3O5. The Morgan fingerprint density at radius 2 is 1.82 bits per heavy atom. The van der Waals surface area contributed by atoms with E-state index < -0.39 is 5.97 Å². The molecule has 0 aliphatic carbocycles. The van der Waals surface area contributed by atoms with Crippen molar-refractivity contribution in [2.24, 2.45) is 0 Å². The van der Waals surface area contributed by atoms with Gasteiger partial charge in [-0.15, -0.1) is 0 Å². The predicted octanol–water partition coefficient (Wildman–Crippen LogP) is 7.57. The standard InChI is InChI=1S/C36H36ClN3O5/c1-21-24(20-44-25-11-12-29-32(40(4)19-34(41)42)13-14-43-33(29)17-25)7-5-8-26(21)27-9-6-10-28(22(27)2)36-39-31-16-23(18-38-3)15-30(37)35(31)45-36/h5-12,15-17,32,38H,13-14,18-20H2,1-4H3,(H,41,42). The first-order chi connectivity index (χ1) is 21.7. The minimum atomic E-state index is -0.847. The summed E-state index contributed by atoms with van der Waals surface area (Å²) in [5, 5.41) is 12.9. The molecule has 0 saturated heterocycles. The molecule has 1 unspecified atom stereocenters. The number of likely N-dealkylation sites (N-methyl/N-ethyl adjacent to an activating group) is 1. The number of nitrogens with one attached hydrogen (secondary N) is 1. The minimum absolute atomic E-state index is 0.0144. The van der Waals surface area contributed by atoms with Crippen LogP contribution in [0.25, 0.3) is 33.7 Å². The van der Waals surface area contributed by atoms with Crippen LogP contribution in [0, 0.1) is 13.8 Å². The molecule has 0 bridgehead atoms. The Balaban J connectivity index is 1.24. The number of carbonyl (C=O) groups is 1. The lowest BCUT2D eigenvalue weighted by Gasteiger charge is -2.32. The normalized spacial score (nSPS) is 14.4. The molecule has 0 fully saturated rings. The second-order valence-corrected chi connectivity index (χ2v) is 11.9. The topological polar surface area (TPSA) is 97.1 Å². The maximum absolute atomic E-state index is 11.2. The van der Waals surface area contributed by atoms with E-state index in [1.807, 2.05) is 61.5 Å². The molecule has 2 N–H and O–H groups in total. The van der Waals surface area contributed by atoms with E-state index in [2.05, 4.69) is 43.4 Å². The van der Waals surface area contributed by atoms with Crippen LogP contribution in [-0.4, -0.2) is 48.2 Å². The fraction of sp³-hybridized carbons (Fsp3) is 0.278. The number of oxazole rings is 1. The van der Waals surface area contributed by atoms with Crippen LogP contribution >= 0.6 is 11.6 Å². The third-order valence-corrected chi connectivity index (χ3v) is 8.77. The number of hydrogen-bond donors (Lipinski definition) is 2.